The van der Waals surface area contributed by atoms with Gasteiger partial charge >= 0.3 is 6.18 Å². The van der Waals surface area contributed by atoms with Gasteiger partial charge in [0.05, 0.1) is 10.6 Å². The zero-order chi connectivity index (χ0) is 22.2. The van der Waals surface area contributed by atoms with Gasteiger partial charge in [-0.05, 0) is 36.4 Å². The highest BCUT2D eigenvalue weighted by molar-refractivity contribution is 7.13. The van der Waals surface area contributed by atoms with Crippen LogP contribution >= 0.6 is 11.3 Å². The van der Waals surface area contributed by atoms with Crippen LogP contribution in [0.15, 0.2) is 40.5 Å². The molecule has 11 heteroatoms. The number of amides is 1. The number of carbonyl (C=O) groups is 1. The lowest BCUT2D eigenvalue weighted by Crippen LogP contribution is -2.40. The molecule has 1 atom stereocenters. The number of aryl methyl sites for hydroxylation is 1. The van der Waals surface area contributed by atoms with Crippen molar-refractivity contribution in [1.29, 1.82) is 0 Å². The molecule has 162 valence electrons. The van der Waals surface area contributed by atoms with E-state index in [2.05, 4.69) is 15.1 Å². The molecule has 0 radical (unpaired) electrons. The third-order valence-corrected chi connectivity index (χ3v) is 5.95. The van der Waals surface area contributed by atoms with E-state index in [1.165, 1.54) is 35.4 Å². The number of thiophene rings is 1. The molecule has 0 bridgehead atoms. The lowest BCUT2D eigenvalue weighted by Gasteiger charge is -2.32. The topological polar surface area (TPSA) is 81.0 Å². The Morgan fingerprint density at radius 1 is 1.23 bits per heavy atom. The molecule has 1 amide bonds. The van der Waals surface area contributed by atoms with Gasteiger partial charge in [-0.25, -0.2) is 14.6 Å². The number of rotatable bonds is 3. The predicted molar refractivity (Wildman–Crippen MR) is 108 cm³/mol. The van der Waals surface area contributed by atoms with Crippen LogP contribution in [0.4, 0.5) is 13.2 Å². The Bertz CT molecular complexity index is 1160. The van der Waals surface area contributed by atoms with Gasteiger partial charge in [0, 0.05) is 32.1 Å². The van der Waals surface area contributed by atoms with Crippen molar-refractivity contribution in [2.24, 2.45) is 7.05 Å². The first-order valence-electron chi connectivity index (χ1n) is 9.56. The van der Waals surface area contributed by atoms with Crippen molar-refractivity contribution >= 4 is 17.2 Å². The van der Waals surface area contributed by atoms with E-state index in [1.807, 2.05) is 0 Å². The van der Waals surface area contributed by atoms with Crippen molar-refractivity contribution in [3.8, 4) is 10.6 Å². The van der Waals surface area contributed by atoms with Crippen molar-refractivity contribution in [1.82, 2.24) is 24.6 Å². The summed E-state index contributed by atoms with van der Waals surface area (Å²) < 4.78 is 41.5. The molecule has 0 aliphatic carbocycles. The number of piperidine rings is 1. The average molecular weight is 449 g/mol. The number of carbonyl (C=O) groups excluding carboxylic acids is 1. The van der Waals surface area contributed by atoms with E-state index in [-0.39, 0.29) is 35.2 Å². The maximum atomic E-state index is 13.5. The Kier molecular flexibility index (Phi) is 5.61. The fraction of sp³-hybridized carbons (Fsp3) is 0.350. The number of halogens is 3. The van der Waals surface area contributed by atoms with E-state index in [4.69, 9.17) is 0 Å². The van der Waals surface area contributed by atoms with Gasteiger partial charge in [-0.15, -0.1) is 11.3 Å². The van der Waals surface area contributed by atoms with E-state index in [9.17, 15) is 22.8 Å². The zero-order valence-electron chi connectivity index (χ0n) is 16.5. The molecule has 3 aromatic rings. The first-order chi connectivity index (χ1) is 14.7. The minimum Gasteiger partial charge on any atom is -0.337 e. The van der Waals surface area contributed by atoms with Crippen molar-refractivity contribution < 1.29 is 18.0 Å². The molecule has 1 unspecified atom stereocenters. The summed E-state index contributed by atoms with van der Waals surface area (Å²) in [5, 5.41) is 5.74. The van der Waals surface area contributed by atoms with Gasteiger partial charge in [-0.2, -0.15) is 18.3 Å². The van der Waals surface area contributed by atoms with Crippen molar-refractivity contribution in [2.45, 2.75) is 24.9 Å². The second-order valence-corrected chi connectivity index (χ2v) is 8.19. The van der Waals surface area contributed by atoms with Crippen molar-refractivity contribution in [3.05, 3.63) is 63.3 Å². The first-order valence-corrected chi connectivity index (χ1v) is 10.4. The van der Waals surface area contributed by atoms with Crippen LogP contribution in [0.1, 0.15) is 40.8 Å². The highest BCUT2D eigenvalue weighted by Crippen LogP contribution is 2.34. The van der Waals surface area contributed by atoms with Gasteiger partial charge in [-0.1, -0.05) is 6.07 Å². The third-order valence-electron chi connectivity index (χ3n) is 5.06. The van der Waals surface area contributed by atoms with Crippen LogP contribution in [0, 0.1) is 0 Å². The number of alkyl halides is 3. The smallest absolute Gasteiger partial charge is 0.337 e. The summed E-state index contributed by atoms with van der Waals surface area (Å²) in [4.78, 5) is 34.7. The molecule has 4 heterocycles. The SMILES string of the molecule is Cn1nc(C(=O)N2CCCC(c3nc(-c4cccs4)cc(C(F)(F)F)n3)C2)ccc1=O. The number of likely N-dealkylation sites (tertiary alicyclic amines) is 1. The second kappa shape index (κ2) is 8.22. The highest BCUT2D eigenvalue weighted by Gasteiger charge is 2.36. The van der Waals surface area contributed by atoms with Gasteiger partial charge < -0.3 is 4.90 Å². The molecule has 1 saturated heterocycles. The average Bonchev–Trinajstić information content (AvgIpc) is 3.29. The summed E-state index contributed by atoms with van der Waals surface area (Å²) >= 11 is 1.30. The van der Waals surface area contributed by atoms with Crippen molar-refractivity contribution in [3.63, 3.8) is 0 Å². The predicted octanol–water partition coefficient (Wildman–Crippen LogP) is 3.34. The maximum absolute atomic E-state index is 13.5. The molecule has 3 aromatic heterocycles. The number of nitrogens with zero attached hydrogens (tertiary/aromatic N) is 5. The van der Waals surface area contributed by atoms with E-state index >= 15 is 0 Å². The minimum absolute atomic E-state index is 0.0733. The zero-order valence-corrected chi connectivity index (χ0v) is 17.3. The first kappa shape index (κ1) is 21.2. The summed E-state index contributed by atoms with van der Waals surface area (Å²) in [5.74, 6) is -0.749. The Balaban J connectivity index is 1.64. The molecular formula is C20H18F3N5O2S. The lowest BCUT2D eigenvalue weighted by atomic mass is 9.96. The molecule has 0 saturated carbocycles. The van der Waals surface area contributed by atoms with Crippen LogP contribution in [-0.4, -0.2) is 43.6 Å². The summed E-state index contributed by atoms with van der Waals surface area (Å²) in [6, 6.07) is 7.01. The van der Waals surface area contributed by atoms with Crippen LogP contribution in [-0.2, 0) is 13.2 Å². The fourth-order valence-electron chi connectivity index (χ4n) is 3.49. The molecule has 31 heavy (non-hydrogen) atoms. The Morgan fingerprint density at radius 2 is 2.03 bits per heavy atom. The van der Waals surface area contributed by atoms with Crippen LogP contribution in [0.3, 0.4) is 0 Å². The van der Waals surface area contributed by atoms with E-state index in [0.29, 0.717) is 24.3 Å². The molecule has 0 N–H and O–H groups in total. The van der Waals surface area contributed by atoms with E-state index in [0.717, 1.165) is 10.7 Å². The fourth-order valence-corrected chi connectivity index (χ4v) is 4.18. The van der Waals surface area contributed by atoms with E-state index in [1.54, 1.807) is 17.5 Å². The standard InChI is InChI=1S/C20H18F3N5O2S/c1-27-17(29)7-6-13(26-27)19(30)28-8-2-4-12(11-28)18-24-14(15-5-3-9-31-15)10-16(25-18)20(21,22)23/h3,5-7,9-10,12H,2,4,8,11H2,1H3. The third kappa shape index (κ3) is 4.50. The quantitative estimate of drug-likeness (QED) is 0.613. The number of aromatic nitrogens is 4. The normalized spacial score (nSPS) is 17.0. The van der Waals surface area contributed by atoms with Gasteiger partial charge in [0.15, 0.2) is 0 Å². The summed E-state index contributed by atoms with van der Waals surface area (Å²) in [6.07, 6.45) is -3.45. The molecule has 1 fully saturated rings. The minimum atomic E-state index is -4.60. The van der Waals surface area contributed by atoms with E-state index < -0.39 is 17.8 Å². The summed E-state index contributed by atoms with van der Waals surface area (Å²) in [5.41, 5.74) is -1.02. The summed E-state index contributed by atoms with van der Waals surface area (Å²) in [6.45, 7) is 0.616. The molecule has 7 nitrogen and oxygen atoms in total. The number of hydrogen-bond donors (Lipinski definition) is 0. The monoisotopic (exact) mass is 449 g/mol. The van der Waals surface area contributed by atoms with Gasteiger partial charge in [0.25, 0.3) is 11.5 Å². The van der Waals surface area contributed by atoms with Gasteiger partial charge in [-0.3, -0.25) is 9.59 Å². The summed E-state index contributed by atoms with van der Waals surface area (Å²) in [7, 11) is 1.45. The molecule has 0 spiro atoms. The lowest BCUT2D eigenvalue weighted by molar-refractivity contribution is -0.141. The van der Waals surface area contributed by atoms with Crippen LogP contribution in [0.25, 0.3) is 10.6 Å². The van der Waals surface area contributed by atoms with Gasteiger partial charge in [0.2, 0.25) is 0 Å². The molecule has 1 aliphatic rings. The Morgan fingerprint density at radius 3 is 2.71 bits per heavy atom. The highest BCUT2D eigenvalue weighted by atomic mass is 32.1. The van der Waals surface area contributed by atoms with Crippen LogP contribution in [0.5, 0.6) is 0 Å². The van der Waals surface area contributed by atoms with Crippen molar-refractivity contribution in [2.75, 3.05) is 13.1 Å². The maximum Gasteiger partial charge on any atom is 0.433 e. The Hall–Kier alpha value is -3.08. The molecule has 0 aromatic carbocycles. The van der Waals surface area contributed by atoms with Crippen LogP contribution < -0.4 is 5.56 Å². The molecule has 1 aliphatic heterocycles. The molecular weight excluding hydrogens is 431 g/mol. The van der Waals surface area contributed by atoms with Gasteiger partial charge in [0.1, 0.15) is 17.2 Å². The van der Waals surface area contributed by atoms with Crippen LogP contribution in [0.2, 0.25) is 0 Å². The largest absolute Gasteiger partial charge is 0.433 e. The second-order valence-electron chi connectivity index (χ2n) is 7.24. The Labute approximate surface area is 179 Å². The molecule has 4 rings (SSSR count). The number of hydrogen-bond acceptors (Lipinski definition) is 6.